The van der Waals surface area contributed by atoms with E-state index in [1.807, 2.05) is 41.5 Å². The van der Waals surface area contributed by atoms with Gasteiger partial charge in [0.15, 0.2) is 0 Å². The van der Waals surface area contributed by atoms with E-state index < -0.39 is 17.6 Å². The van der Waals surface area contributed by atoms with E-state index in [0.717, 1.165) is 31.4 Å². The maximum Gasteiger partial charge on any atom is 0.500 e. The first kappa shape index (κ1) is 27.7. The highest BCUT2D eigenvalue weighted by molar-refractivity contribution is 6.61. The van der Waals surface area contributed by atoms with Crippen molar-refractivity contribution in [3.8, 4) is 0 Å². The topological polar surface area (TPSA) is 55.4 Å². The standard InChI is InChI=1S/C22H44O6Si2/c1-7-23-29(24-8-2,25-9-3)20-18-22(16-14-13-15-17-22)19-21-30(26-10-4,27-11-5)28-12-6/h13-16H,7-12,17-21H2,1-6H3. The Hall–Kier alpha value is -0.326. The van der Waals surface area contributed by atoms with E-state index in [-0.39, 0.29) is 5.41 Å². The zero-order valence-electron chi connectivity index (χ0n) is 20.0. The molecule has 0 fully saturated rings. The lowest BCUT2D eigenvalue weighted by Gasteiger charge is -2.37. The molecule has 0 aromatic rings. The van der Waals surface area contributed by atoms with Crippen LogP contribution in [0.3, 0.4) is 0 Å². The lowest BCUT2D eigenvalue weighted by molar-refractivity contribution is 0.0643. The summed E-state index contributed by atoms with van der Waals surface area (Å²) in [7, 11) is -5.37. The van der Waals surface area contributed by atoms with Crippen molar-refractivity contribution in [3.63, 3.8) is 0 Å². The Morgan fingerprint density at radius 1 is 0.600 bits per heavy atom. The van der Waals surface area contributed by atoms with Crippen molar-refractivity contribution in [2.24, 2.45) is 5.41 Å². The summed E-state index contributed by atoms with van der Waals surface area (Å²) in [6.07, 6.45) is 11.7. The molecule has 30 heavy (non-hydrogen) atoms. The Kier molecular flexibility index (Phi) is 13.6. The van der Waals surface area contributed by atoms with E-state index in [2.05, 4.69) is 24.3 Å². The molecule has 0 bridgehead atoms. The van der Waals surface area contributed by atoms with Gasteiger partial charge in [-0.05, 0) is 66.2 Å². The van der Waals surface area contributed by atoms with Crippen molar-refractivity contribution in [3.05, 3.63) is 24.3 Å². The van der Waals surface area contributed by atoms with Gasteiger partial charge in [-0.15, -0.1) is 0 Å². The number of allylic oxidation sites excluding steroid dienone is 4. The lowest BCUT2D eigenvalue weighted by Crippen LogP contribution is -2.48. The molecule has 0 N–H and O–H groups in total. The van der Waals surface area contributed by atoms with E-state index >= 15 is 0 Å². The summed E-state index contributed by atoms with van der Waals surface area (Å²) in [6, 6.07) is 1.60. The highest BCUT2D eigenvalue weighted by Crippen LogP contribution is 2.42. The van der Waals surface area contributed by atoms with Gasteiger partial charge < -0.3 is 26.6 Å². The fourth-order valence-corrected chi connectivity index (χ4v) is 9.62. The smallest absolute Gasteiger partial charge is 0.374 e. The van der Waals surface area contributed by atoms with E-state index in [4.69, 9.17) is 26.6 Å². The van der Waals surface area contributed by atoms with Crippen molar-refractivity contribution >= 4 is 17.6 Å². The van der Waals surface area contributed by atoms with Crippen molar-refractivity contribution in [2.75, 3.05) is 39.6 Å². The summed E-state index contributed by atoms with van der Waals surface area (Å²) in [4.78, 5) is 0. The quantitative estimate of drug-likeness (QED) is 0.256. The summed E-state index contributed by atoms with van der Waals surface area (Å²) >= 11 is 0. The summed E-state index contributed by atoms with van der Waals surface area (Å²) in [5, 5.41) is 0. The highest BCUT2D eigenvalue weighted by atomic mass is 28.4. The Bertz CT molecular complexity index is 448. The average molecular weight is 461 g/mol. The van der Waals surface area contributed by atoms with Crippen LogP contribution in [-0.4, -0.2) is 57.3 Å². The van der Waals surface area contributed by atoms with E-state index in [0.29, 0.717) is 39.6 Å². The maximum absolute atomic E-state index is 6.09. The molecule has 0 heterocycles. The molecule has 1 aliphatic carbocycles. The minimum Gasteiger partial charge on any atom is -0.374 e. The van der Waals surface area contributed by atoms with Gasteiger partial charge in [-0.3, -0.25) is 0 Å². The minimum absolute atomic E-state index is 0.00184. The van der Waals surface area contributed by atoms with Gasteiger partial charge in [0.2, 0.25) is 0 Å². The minimum atomic E-state index is -2.69. The van der Waals surface area contributed by atoms with Crippen LogP contribution in [0.2, 0.25) is 12.1 Å². The van der Waals surface area contributed by atoms with Crippen LogP contribution in [0, 0.1) is 5.41 Å². The van der Waals surface area contributed by atoms with E-state index in [1.165, 1.54) is 0 Å². The van der Waals surface area contributed by atoms with Crippen LogP contribution in [0.4, 0.5) is 0 Å². The van der Waals surface area contributed by atoms with Crippen molar-refractivity contribution in [1.29, 1.82) is 0 Å². The summed E-state index contributed by atoms with van der Waals surface area (Å²) in [5.74, 6) is 0. The van der Waals surface area contributed by atoms with Crippen LogP contribution in [0.5, 0.6) is 0 Å². The fourth-order valence-electron chi connectivity index (χ4n) is 4.01. The molecule has 0 aromatic carbocycles. The van der Waals surface area contributed by atoms with Gasteiger partial charge in [-0.25, -0.2) is 0 Å². The molecule has 1 rings (SSSR count). The Morgan fingerprint density at radius 2 is 0.967 bits per heavy atom. The third kappa shape index (κ3) is 8.66. The lowest BCUT2D eigenvalue weighted by atomic mass is 9.77. The van der Waals surface area contributed by atoms with Crippen molar-refractivity contribution in [2.45, 2.75) is 72.9 Å². The average Bonchev–Trinajstić information content (AvgIpc) is 2.73. The van der Waals surface area contributed by atoms with Crippen LogP contribution in [-0.2, 0) is 26.6 Å². The molecule has 0 unspecified atom stereocenters. The van der Waals surface area contributed by atoms with Crippen molar-refractivity contribution < 1.29 is 26.6 Å². The summed E-state index contributed by atoms with van der Waals surface area (Å²) in [6.45, 7) is 15.6. The molecule has 0 saturated heterocycles. The number of rotatable bonds is 18. The molecule has 0 radical (unpaired) electrons. The predicted octanol–water partition coefficient (Wildman–Crippen LogP) is 5.37. The van der Waals surface area contributed by atoms with Crippen LogP contribution in [0.1, 0.15) is 60.8 Å². The third-order valence-corrected chi connectivity index (χ3v) is 11.4. The zero-order chi connectivity index (χ0) is 22.3. The second kappa shape index (κ2) is 14.7. The van der Waals surface area contributed by atoms with Gasteiger partial charge in [0.25, 0.3) is 0 Å². The zero-order valence-corrected chi connectivity index (χ0v) is 22.0. The molecule has 0 aromatic heterocycles. The van der Waals surface area contributed by atoms with Gasteiger partial charge in [0.05, 0.1) is 0 Å². The molecular weight excluding hydrogens is 416 g/mol. The molecule has 1 aliphatic rings. The largest absolute Gasteiger partial charge is 0.500 e. The Labute approximate surface area is 186 Å². The second-order valence-corrected chi connectivity index (χ2v) is 12.8. The monoisotopic (exact) mass is 460 g/mol. The number of hydrogen-bond acceptors (Lipinski definition) is 6. The second-order valence-electron chi connectivity index (χ2n) is 7.32. The fraction of sp³-hybridized carbons (Fsp3) is 0.818. The molecule has 8 heteroatoms. The first-order chi connectivity index (χ1) is 14.5. The molecule has 0 atom stereocenters. The molecule has 0 spiro atoms. The first-order valence-electron chi connectivity index (χ1n) is 11.7. The summed E-state index contributed by atoms with van der Waals surface area (Å²) in [5.41, 5.74) is 0.00184. The molecule has 6 nitrogen and oxygen atoms in total. The predicted molar refractivity (Wildman–Crippen MR) is 125 cm³/mol. The van der Waals surface area contributed by atoms with Gasteiger partial charge in [0, 0.05) is 51.7 Å². The van der Waals surface area contributed by atoms with Crippen LogP contribution in [0.15, 0.2) is 24.3 Å². The van der Waals surface area contributed by atoms with Crippen molar-refractivity contribution in [1.82, 2.24) is 0 Å². The first-order valence-corrected chi connectivity index (χ1v) is 15.5. The molecule has 0 aliphatic heterocycles. The van der Waals surface area contributed by atoms with Crippen LogP contribution < -0.4 is 0 Å². The van der Waals surface area contributed by atoms with Gasteiger partial charge in [0.1, 0.15) is 0 Å². The SMILES string of the molecule is CCO[Si](CCC1(CC[Si](OCC)(OCC)OCC)C=CC=CC1)(OCC)OCC. The highest BCUT2D eigenvalue weighted by Gasteiger charge is 2.46. The van der Waals surface area contributed by atoms with Gasteiger partial charge >= 0.3 is 17.6 Å². The Morgan fingerprint density at radius 3 is 1.23 bits per heavy atom. The molecular formula is C22H44O6Si2. The number of hydrogen-bond donors (Lipinski definition) is 0. The van der Waals surface area contributed by atoms with E-state index in [9.17, 15) is 0 Å². The molecule has 0 saturated carbocycles. The normalized spacial score (nSPS) is 16.3. The Balaban J connectivity index is 3.00. The van der Waals surface area contributed by atoms with Crippen LogP contribution >= 0.6 is 0 Å². The summed E-state index contributed by atoms with van der Waals surface area (Å²) < 4.78 is 36.6. The third-order valence-electron chi connectivity index (χ3n) is 5.27. The van der Waals surface area contributed by atoms with Gasteiger partial charge in [-0.2, -0.15) is 0 Å². The molecule has 176 valence electrons. The van der Waals surface area contributed by atoms with Crippen LogP contribution in [0.25, 0.3) is 0 Å². The maximum atomic E-state index is 6.09. The molecule has 0 amide bonds. The van der Waals surface area contributed by atoms with Gasteiger partial charge in [-0.1, -0.05) is 24.3 Å². The van der Waals surface area contributed by atoms with E-state index in [1.54, 1.807) is 0 Å².